The second-order valence-electron chi connectivity index (χ2n) is 5.15. The van der Waals surface area contributed by atoms with E-state index in [1.54, 1.807) is 24.3 Å². The highest BCUT2D eigenvalue weighted by Crippen LogP contribution is 2.19. The molecule has 0 amide bonds. The number of benzene rings is 1. The van der Waals surface area contributed by atoms with Crippen molar-refractivity contribution in [2.75, 3.05) is 24.3 Å². The van der Waals surface area contributed by atoms with Crippen molar-refractivity contribution in [2.45, 2.75) is 29.9 Å². The summed E-state index contributed by atoms with van der Waals surface area (Å²) in [5.41, 5.74) is 0.745. The van der Waals surface area contributed by atoms with Crippen LogP contribution in [-0.4, -0.2) is 43.9 Å². The van der Waals surface area contributed by atoms with Gasteiger partial charge in [0.1, 0.15) is 0 Å². The maximum Gasteiger partial charge on any atom is 0.175 e. The number of rotatable bonds is 5. The number of hydrogen-bond acceptors (Lipinski definition) is 5. The predicted molar refractivity (Wildman–Crippen MR) is 82.9 cm³/mol. The van der Waals surface area contributed by atoms with Gasteiger partial charge >= 0.3 is 0 Å². The number of hydrogen-bond donors (Lipinski definition) is 2. The molecule has 1 aliphatic heterocycles. The van der Waals surface area contributed by atoms with Gasteiger partial charge in [-0.1, -0.05) is 12.1 Å². The van der Waals surface area contributed by atoms with Gasteiger partial charge in [0, 0.05) is 18.8 Å². The van der Waals surface area contributed by atoms with Crippen LogP contribution in [0, 0.1) is 0 Å². The summed E-state index contributed by atoms with van der Waals surface area (Å²) in [5.74, 6) is 2.35. The van der Waals surface area contributed by atoms with Crippen molar-refractivity contribution in [2.24, 2.45) is 0 Å². The summed E-state index contributed by atoms with van der Waals surface area (Å²) < 4.78 is 22.7. The van der Waals surface area contributed by atoms with Gasteiger partial charge < -0.3 is 10.4 Å². The van der Waals surface area contributed by atoms with E-state index in [-0.39, 0.29) is 4.90 Å². The number of aliphatic hydroxyl groups is 1. The Kier molecular flexibility index (Phi) is 5.49. The Bertz CT molecular complexity index is 522. The fourth-order valence-corrected chi connectivity index (χ4v) is 3.97. The summed E-state index contributed by atoms with van der Waals surface area (Å²) in [5, 5.41) is 13.5. The van der Waals surface area contributed by atoms with E-state index in [0.717, 1.165) is 18.4 Å². The largest absolute Gasteiger partial charge is 0.387 e. The molecule has 1 aliphatic rings. The maximum absolute atomic E-state index is 11.4. The Morgan fingerprint density at radius 2 is 1.90 bits per heavy atom. The van der Waals surface area contributed by atoms with E-state index in [0.29, 0.717) is 12.6 Å². The van der Waals surface area contributed by atoms with Crippen LogP contribution in [0.15, 0.2) is 29.2 Å². The van der Waals surface area contributed by atoms with Crippen LogP contribution in [0.25, 0.3) is 0 Å². The van der Waals surface area contributed by atoms with Crippen molar-refractivity contribution in [3.05, 3.63) is 29.8 Å². The first-order valence-electron chi connectivity index (χ1n) is 6.76. The average molecular weight is 315 g/mol. The molecule has 0 saturated carbocycles. The van der Waals surface area contributed by atoms with Crippen molar-refractivity contribution in [1.82, 2.24) is 5.32 Å². The lowest BCUT2D eigenvalue weighted by molar-refractivity contribution is 0.168. The van der Waals surface area contributed by atoms with Crippen molar-refractivity contribution in [3.8, 4) is 0 Å². The average Bonchev–Trinajstić information content (AvgIpc) is 2.45. The molecule has 0 spiro atoms. The fourth-order valence-electron chi connectivity index (χ4n) is 2.24. The van der Waals surface area contributed by atoms with E-state index >= 15 is 0 Å². The molecule has 1 heterocycles. The molecule has 20 heavy (non-hydrogen) atoms. The first-order chi connectivity index (χ1) is 9.47. The molecule has 2 N–H and O–H groups in total. The quantitative estimate of drug-likeness (QED) is 0.864. The zero-order chi connectivity index (χ0) is 14.6. The Morgan fingerprint density at radius 1 is 1.30 bits per heavy atom. The zero-order valence-electron chi connectivity index (χ0n) is 11.6. The molecule has 1 fully saturated rings. The highest BCUT2D eigenvalue weighted by atomic mass is 32.2. The molecule has 112 valence electrons. The van der Waals surface area contributed by atoms with E-state index in [2.05, 4.69) is 5.32 Å². The molecule has 0 aliphatic carbocycles. The minimum atomic E-state index is -3.17. The Hall–Kier alpha value is -0.560. The molecule has 0 aromatic heterocycles. The third-order valence-corrected chi connectivity index (χ3v) is 5.69. The lowest BCUT2D eigenvalue weighted by atomic mass is 10.1. The molecule has 0 bridgehead atoms. The lowest BCUT2D eigenvalue weighted by Gasteiger charge is -2.24. The third-order valence-electron chi connectivity index (χ3n) is 3.51. The predicted octanol–water partition coefficient (Wildman–Crippen LogP) is 1.61. The molecule has 1 aromatic rings. The second-order valence-corrected chi connectivity index (χ2v) is 8.39. The van der Waals surface area contributed by atoms with Gasteiger partial charge in [-0.3, -0.25) is 0 Å². The van der Waals surface area contributed by atoms with E-state index < -0.39 is 15.9 Å². The molecule has 4 nitrogen and oxygen atoms in total. The zero-order valence-corrected chi connectivity index (χ0v) is 13.2. The van der Waals surface area contributed by atoms with E-state index in [4.69, 9.17) is 0 Å². The second kappa shape index (κ2) is 6.93. The summed E-state index contributed by atoms with van der Waals surface area (Å²) in [6.07, 6.45) is 2.87. The van der Waals surface area contributed by atoms with Crippen LogP contribution in [0.2, 0.25) is 0 Å². The minimum absolute atomic E-state index is 0.283. The SMILES string of the molecule is CS(=O)(=O)c1ccc(C(O)CNC2CCSCC2)cc1. The lowest BCUT2D eigenvalue weighted by Crippen LogP contribution is -2.35. The highest BCUT2D eigenvalue weighted by Gasteiger charge is 2.16. The van der Waals surface area contributed by atoms with Crippen molar-refractivity contribution in [1.29, 1.82) is 0 Å². The summed E-state index contributed by atoms with van der Waals surface area (Å²) in [4.78, 5) is 0.283. The summed E-state index contributed by atoms with van der Waals surface area (Å²) in [7, 11) is -3.17. The molecule has 1 atom stereocenters. The minimum Gasteiger partial charge on any atom is -0.387 e. The first kappa shape index (κ1) is 15.8. The number of sulfone groups is 1. The Morgan fingerprint density at radius 3 is 2.45 bits per heavy atom. The summed E-state index contributed by atoms with van der Waals surface area (Å²) in [6.45, 7) is 0.507. The van der Waals surface area contributed by atoms with Gasteiger partial charge in [0.2, 0.25) is 0 Å². The van der Waals surface area contributed by atoms with Gasteiger partial charge in [-0.15, -0.1) is 0 Å². The third kappa shape index (κ3) is 4.48. The van der Waals surface area contributed by atoms with Crippen LogP contribution in [0.1, 0.15) is 24.5 Å². The first-order valence-corrected chi connectivity index (χ1v) is 9.80. The van der Waals surface area contributed by atoms with Crippen LogP contribution in [0.5, 0.6) is 0 Å². The van der Waals surface area contributed by atoms with Crippen LogP contribution in [0.3, 0.4) is 0 Å². The van der Waals surface area contributed by atoms with E-state index in [9.17, 15) is 13.5 Å². The van der Waals surface area contributed by atoms with Gasteiger partial charge in [0.15, 0.2) is 9.84 Å². The molecule has 1 aromatic carbocycles. The van der Waals surface area contributed by atoms with Gasteiger partial charge in [0.25, 0.3) is 0 Å². The summed E-state index contributed by atoms with van der Waals surface area (Å²) in [6, 6.07) is 6.94. The fraction of sp³-hybridized carbons (Fsp3) is 0.571. The normalized spacial score (nSPS) is 18.9. The van der Waals surface area contributed by atoms with Crippen LogP contribution >= 0.6 is 11.8 Å². The number of aliphatic hydroxyl groups excluding tert-OH is 1. The number of thioether (sulfide) groups is 1. The monoisotopic (exact) mass is 315 g/mol. The molecular formula is C14H21NO3S2. The highest BCUT2D eigenvalue weighted by molar-refractivity contribution is 7.99. The van der Waals surface area contributed by atoms with Crippen LogP contribution in [0.4, 0.5) is 0 Å². The van der Waals surface area contributed by atoms with Crippen molar-refractivity contribution >= 4 is 21.6 Å². The molecule has 0 radical (unpaired) electrons. The Labute approximate surface area is 124 Å². The summed E-state index contributed by atoms with van der Waals surface area (Å²) >= 11 is 1.97. The van der Waals surface area contributed by atoms with Crippen LogP contribution < -0.4 is 5.32 Å². The van der Waals surface area contributed by atoms with E-state index in [1.165, 1.54) is 17.8 Å². The molecule has 1 saturated heterocycles. The van der Waals surface area contributed by atoms with Crippen molar-refractivity contribution < 1.29 is 13.5 Å². The molecule has 6 heteroatoms. The van der Waals surface area contributed by atoms with Gasteiger partial charge in [-0.25, -0.2) is 8.42 Å². The molecular weight excluding hydrogens is 294 g/mol. The molecule has 1 unspecified atom stereocenters. The van der Waals surface area contributed by atoms with Crippen LogP contribution in [-0.2, 0) is 9.84 Å². The smallest absolute Gasteiger partial charge is 0.175 e. The van der Waals surface area contributed by atoms with Gasteiger partial charge in [-0.2, -0.15) is 11.8 Å². The van der Waals surface area contributed by atoms with Gasteiger partial charge in [0.05, 0.1) is 11.0 Å². The topological polar surface area (TPSA) is 66.4 Å². The molecule has 2 rings (SSSR count). The van der Waals surface area contributed by atoms with Gasteiger partial charge in [-0.05, 0) is 42.0 Å². The standard InChI is InChI=1S/C14H21NO3S2/c1-20(17,18)13-4-2-11(3-5-13)14(16)10-15-12-6-8-19-9-7-12/h2-5,12,14-16H,6-10H2,1H3. The van der Waals surface area contributed by atoms with E-state index in [1.807, 2.05) is 11.8 Å². The Balaban J connectivity index is 1.90. The maximum atomic E-state index is 11.4. The van der Waals surface area contributed by atoms with Crippen molar-refractivity contribution in [3.63, 3.8) is 0 Å². The number of nitrogens with one attached hydrogen (secondary N) is 1.